The summed E-state index contributed by atoms with van der Waals surface area (Å²) >= 11 is 0. The maximum absolute atomic E-state index is 12.7. The van der Waals surface area contributed by atoms with Crippen LogP contribution in [0.25, 0.3) is 11.4 Å². The van der Waals surface area contributed by atoms with Gasteiger partial charge >= 0.3 is 0 Å². The van der Waals surface area contributed by atoms with Crippen LogP contribution in [0, 0.1) is 13.8 Å². The maximum Gasteiger partial charge on any atom is 0.267 e. The average molecular weight is 376 g/mol. The van der Waals surface area contributed by atoms with Gasteiger partial charge in [-0.2, -0.15) is 0 Å². The van der Waals surface area contributed by atoms with E-state index in [1.165, 1.54) is 0 Å². The van der Waals surface area contributed by atoms with Crippen LogP contribution < -0.4 is 16.6 Å². The number of benzene rings is 2. The van der Waals surface area contributed by atoms with Crippen molar-refractivity contribution in [1.82, 2.24) is 9.55 Å². The van der Waals surface area contributed by atoms with Crippen molar-refractivity contribution in [3.63, 3.8) is 0 Å². The Hall–Kier alpha value is -3.74. The first-order chi connectivity index (χ1) is 13.4. The molecule has 0 bridgehead atoms. The number of primary amides is 1. The minimum atomic E-state index is -0.888. The molecule has 0 unspecified atom stereocenters. The molecule has 28 heavy (non-hydrogen) atoms. The van der Waals surface area contributed by atoms with Crippen LogP contribution in [-0.2, 0) is 11.3 Å². The van der Waals surface area contributed by atoms with Crippen LogP contribution in [-0.4, -0.2) is 21.4 Å². The number of aromatic nitrogens is 2. The normalized spacial score (nSPS) is 10.5. The van der Waals surface area contributed by atoms with E-state index in [0.717, 1.165) is 21.9 Å². The van der Waals surface area contributed by atoms with Crippen molar-refractivity contribution >= 4 is 17.5 Å². The number of carbonyl (C=O) groups excluding carboxylic acids is 2. The molecule has 2 amide bonds. The number of nitrogens with two attached hydrogens (primary N) is 1. The summed E-state index contributed by atoms with van der Waals surface area (Å²) in [6.07, 6.45) is 1.14. The van der Waals surface area contributed by atoms with E-state index < -0.39 is 17.4 Å². The molecule has 3 N–H and O–H groups in total. The number of amides is 2. The topological polar surface area (TPSA) is 107 Å². The summed E-state index contributed by atoms with van der Waals surface area (Å²) in [7, 11) is 0. The molecule has 0 saturated carbocycles. The van der Waals surface area contributed by atoms with Crippen molar-refractivity contribution in [2.24, 2.45) is 5.73 Å². The maximum atomic E-state index is 12.7. The lowest BCUT2D eigenvalue weighted by atomic mass is 10.1. The number of hydrogen-bond acceptors (Lipinski definition) is 4. The van der Waals surface area contributed by atoms with Gasteiger partial charge in [0, 0.05) is 17.4 Å². The Labute approximate surface area is 161 Å². The zero-order valence-corrected chi connectivity index (χ0v) is 15.6. The van der Waals surface area contributed by atoms with E-state index in [9.17, 15) is 14.4 Å². The van der Waals surface area contributed by atoms with Crippen molar-refractivity contribution in [2.45, 2.75) is 20.4 Å². The van der Waals surface area contributed by atoms with Crippen LogP contribution in [0.1, 0.15) is 21.5 Å². The fraction of sp³-hybridized carbons (Fsp3) is 0.143. The van der Waals surface area contributed by atoms with Gasteiger partial charge in [-0.05, 0) is 25.5 Å². The molecule has 142 valence electrons. The van der Waals surface area contributed by atoms with Crippen molar-refractivity contribution in [3.05, 3.63) is 81.8 Å². The number of nitrogens with zero attached hydrogens (tertiary/aromatic N) is 2. The Balaban J connectivity index is 1.99. The minimum Gasteiger partial charge on any atom is -0.365 e. The smallest absolute Gasteiger partial charge is 0.267 e. The molecule has 0 aliphatic rings. The van der Waals surface area contributed by atoms with Gasteiger partial charge in [0.15, 0.2) is 0 Å². The van der Waals surface area contributed by atoms with Gasteiger partial charge in [-0.3, -0.25) is 19.0 Å². The van der Waals surface area contributed by atoms with E-state index in [4.69, 9.17) is 5.73 Å². The van der Waals surface area contributed by atoms with Crippen molar-refractivity contribution < 1.29 is 9.59 Å². The molecule has 0 atom stereocenters. The largest absolute Gasteiger partial charge is 0.365 e. The van der Waals surface area contributed by atoms with E-state index in [0.29, 0.717) is 11.3 Å². The molecule has 0 fully saturated rings. The Morgan fingerprint density at radius 3 is 2.46 bits per heavy atom. The third-order valence-corrected chi connectivity index (χ3v) is 4.30. The summed E-state index contributed by atoms with van der Waals surface area (Å²) in [5.74, 6) is -1.01. The number of nitrogens with one attached hydrogen (secondary N) is 1. The van der Waals surface area contributed by atoms with E-state index in [-0.39, 0.29) is 17.9 Å². The highest BCUT2D eigenvalue weighted by atomic mass is 16.2. The van der Waals surface area contributed by atoms with Gasteiger partial charge in [0.25, 0.3) is 11.5 Å². The standard InChI is InChI=1S/C21H20N4O3/c1-13-8-9-17(14(2)10-13)24-18(26)12-25-20(15-6-4-3-5-7-15)23-11-16(19(22)27)21(25)28/h3-11H,12H2,1-2H3,(H2,22,27)(H,24,26). The third-order valence-electron chi connectivity index (χ3n) is 4.30. The SMILES string of the molecule is Cc1ccc(NC(=O)Cn2c(-c3ccccc3)ncc(C(N)=O)c2=O)c(C)c1. The van der Waals surface area contributed by atoms with Crippen molar-refractivity contribution in [2.75, 3.05) is 5.32 Å². The van der Waals surface area contributed by atoms with Gasteiger partial charge in [-0.25, -0.2) is 4.98 Å². The fourth-order valence-electron chi connectivity index (χ4n) is 2.91. The van der Waals surface area contributed by atoms with Crippen LogP contribution in [0.2, 0.25) is 0 Å². The fourth-order valence-corrected chi connectivity index (χ4v) is 2.91. The number of aryl methyl sites for hydroxylation is 2. The summed E-state index contributed by atoms with van der Waals surface area (Å²) < 4.78 is 1.16. The van der Waals surface area contributed by atoms with Crippen LogP contribution in [0.15, 0.2) is 59.5 Å². The molecular formula is C21H20N4O3. The lowest BCUT2D eigenvalue weighted by molar-refractivity contribution is -0.116. The number of rotatable bonds is 5. The Kier molecular flexibility index (Phi) is 5.35. The van der Waals surface area contributed by atoms with Gasteiger partial charge in [0.05, 0.1) is 0 Å². The summed E-state index contributed by atoms with van der Waals surface area (Å²) in [6, 6.07) is 14.6. The first-order valence-electron chi connectivity index (χ1n) is 8.69. The highest BCUT2D eigenvalue weighted by Gasteiger charge is 2.18. The first-order valence-corrected chi connectivity index (χ1v) is 8.69. The van der Waals surface area contributed by atoms with Gasteiger partial charge in [0.2, 0.25) is 5.91 Å². The van der Waals surface area contributed by atoms with E-state index in [2.05, 4.69) is 10.3 Å². The Bertz CT molecular complexity index is 1100. The summed E-state index contributed by atoms with van der Waals surface area (Å²) in [5.41, 5.74) is 7.64. The van der Waals surface area contributed by atoms with Crippen LogP contribution in [0.4, 0.5) is 5.69 Å². The second kappa shape index (κ2) is 7.87. The summed E-state index contributed by atoms with van der Waals surface area (Å²) in [4.78, 5) is 41.1. The average Bonchev–Trinajstić information content (AvgIpc) is 2.66. The predicted octanol–water partition coefficient (Wildman–Crippen LogP) is 2.26. The molecule has 7 nitrogen and oxygen atoms in total. The molecular weight excluding hydrogens is 356 g/mol. The van der Waals surface area contributed by atoms with Gasteiger partial charge in [0.1, 0.15) is 17.9 Å². The predicted molar refractivity (Wildman–Crippen MR) is 107 cm³/mol. The zero-order chi connectivity index (χ0) is 20.3. The highest BCUT2D eigenvalue weighted by Crippen LogP contribution is 2.18. The molecule has 1 heterocycles. The molecule has 0 spiro atoms. The van der Waals surface area contributed by atoms with Gasteiger partial charge in [-0.1, -0.05) is 48.0 Å². The van der Waals surface area contributed by atoms with Crippen LogP contribution in [0.3, 0.4) is 0 Å². The molecule has 2 aromatic carbocycles. The van der Waals surface area contributed by atoms with Gasteiger partial charge < -0.3 is 11.1 Å². The zero-order valence-electron chi connectivity index (χ0n) is 15.6. The molecule has 0 aliphatic carbocycles. The number of hydrogen-bond donors (Lipinski definition) is 2. The number of carbonyl (C=O) groups is 2. The molecule has 0 radical (unpaired) electrons. The molecule has 0 saturated heterocycles. The monoisotopic (exact) mass is 376 g/mol. The van der Waals surface area contributed by atoms with Crippen molar-refractivity contribution in [3.8, 4) is 11.4 Å². The summed E-state index contributed by atoms with van der Waals surface area (Å²) in [6.45, 7) is 3.55. The quantitative estimate of drug-likeness (QED) is 0.712. The van der Waals surface area contributed by atoms with Gasteiger partial charge in [-0.15, -0.1) is 0 Å². The van der Waals surface area contributed by atoms with E-state index >= 15 is 0 Å². The molecule has 3 rings (SSSR count). The molecule has 3 aromatic rings. The molecule has 0 aliphatic heterocycles. The number of anilines is 1. The lowest BCUT2D eigenvalue weighted by Crippen LogP contribution is -2.34. The second-order valence-electron chi connectivity index (χ2n) is 6.48. The second-order valence-corrected chi connectivity index (χ2v) is 6.48. The van der Waals surface area contributed by atoms with Crippen LogP contribution in [0.5, 0.6) is 0 Å². The lowest BCUT2D eigenvalue weighted by Gasteiger charge is -2.14. The van der Waals surface area contributed by atoms with E-state index in [1.54, 1.807) is 24.3 Å². The Morgan fingerprint density at radius 2 is 1.82 bits per heavy atom. The van der Waals surface area contributed by atoms with E-state index in [1.807, 2.05) is 38.1 Å². The minimum absolute atomic E-state index is 0.265. The molecule has 7 heteroatoms. The van der Waals surface area contributed by atoms with Crippen LogP contribution >= 0.6 is 0 Å². The summed E-state index contributed by atoms with van der Waals surface area (Å²) in [5, 5.41) is 2.80. The van der Waals surface area contributed by atoms with Crippen molar-refractivity contribution in [1.29, 1.82) is 0 Å². The third kappa shape index (κ3) is 3.98. The first kappa shape index (κ1) is 19.0. The highest BCUT2D eigenvalue weighted by molar-refractivity contribution is 5.93. The molecule has 1 aromatic heterocycles. The Morgan fingerprint density at radius 1 is 1.11 bits per heavy atom.